The summed E-state index contributed by atoms with van der Waals surface area (Å²) in [5, 5.41) is 0.141. The number of hydrogen-bond acceptors (Lipinski definition) is 4. The fourth-order valence-corrected chi connectivity index (χ4v) is 1.46. The fraction of sp³-hybridized carbons (Fsp3) is 0.500. The molecule has 0 aliphatic carbocycles. The van der Waals surface area contributed by atoms with Gasteiger partial charge in [-0.05, 0) is 0 Å². The number of imide groups is 1. The molecule has 1 atom stereocenters. The minimum atomic E-state index is -4.42. The van der Waals surface area contributed by atoms with Gasteiger partial charge in [0, 0.05) is 29.6 Å². The van der Waals surface area contributed by atoms with Crippen LogP contribution in [0.1, 0.15) is 6.42 Å². The molecule has 1 heterocycles. The van der Waals surface area contributed by atoms with Crippen molar-refractivity contribution in [2.75, 3.05) is 0 Å². The largest absolute Gasteiger partial charge is 0.295 e. The molecule has 1 fully saturated rings. The topological polar surface area (TPSA) is 101 Å². The zero-order valence-corrected chi connectivity index (χ0v) is 9.09. The van der Waals surface area contributed by atoms with Gasteiger partial charge in [0.25, 0.3) is 10.1 Å². The van der Waals surface area contributed by atoms with Crippen LogP contribution in [0.5, 0.6) is 0 Å². The summed E-state index contributed by atoms with van der Waals surface area (Å²) in [5.41, 5.74) is 0. The third-order valence-corrected chi connectivity index (χ3v) is 2.39. The van der Waals surface area contributed by atoms with Crippen molar-refractivity contribution < 1.29 is 22.6 Å². The van der Waals surface area contributed by atoms with E-state index in [1.165, 1.54) is 0 Å². The minimum Gasteiger partial charge on any atom is -0.295 e. The minimum absolute atomic E-state index is 0. The molecular formula is C4H5NNaO5S. The van der Waals surface area contributed by atoms with E-state index in [-0.39, 0.29) is 29.6 Å². The molecule has 2 N–H and O–H groups in total. The molecule has 12 heavy (non-hydrogen) atoms. The van der Waals surface area contributed by atoms with E-state index >= 15 is 0 Å². The van der Waals surface area contributed by atoms with Gasteiger partial charge < -0.3 is 0 Å². The predicted molar refractivity (Wildman–Crippen MR) is 38.9 cm³/mol. The second-order valence-corrected chi connectivity index (χ2v) is 3.72. The monoisotopic (exact) mass is 202 g/mol. The Morgan fingerprint density at radius 1 is 1.42 bits per heavy atom. The van der Waals surface area contributed by atoms with Crippen molar-refractivity contribution in [2.24, 2.45) is 0 Å². The number of hydrogen-bond donors (Lipinski definition) is 2. The van der Waals surface area contributed by atoms with Gasteiger partial charge >= 0.3 is 0 Å². The van der Waals surface area contributed by atoms with E-state index in [0.29, 0.717) is 0 Å². The molecule has 6 nitrogen and oxygen atoms in total. The summed E-state index contributed by atoms with van der Waals surface area (Å²) in [4.78, 5) is 21.0. The van der Waals surface area contributed by atoms with Crippen molar-refractivity contribution in [1.29, 1.82) is 0 Å². The maximum absolute atomic E-state index is 10.6. The molecule has 2 amide bonds. The van der Waals surface area contributed by atoms with E-state index in [4.69, 9.17) is 4.55 Å². The van der Waals surface area contributed by atoms with Gasteiger partial charge in [0.2, 0.25) is 11.8 Å². The molecule has 1 radical (unpaired) electrons. The number of carbonyl (C=O) groups excluding carboxylic acids is 2. The van der Waals surface area contributed by atoms with Gasteiger partial charge in [-0.3, -0.25) is 19.5 Å². The van der Waals surface area contributed by atoms with Crippen molar-refractivity contribution in [3.8, 4) is 0 Å². The molecule has 63 valence electrons. The van der Waals surface area contributed by atoms with E-state index < -0.39 is 33.6 Å². The van der Waals surface area contributed by atoms with Crippen LogP contribution in [0.3, 0.4) is 0 Å². The SMILES string of the molecule is O=C1CC(S(=O)(=O)O)C(=O)N1.[Na]. The van der Waals surface area contributed by atoms with Gasteiger partial charge in [0.05, 0.1) is 6.42 Å². The fourth-order valence-electron chi connectivity index (χ4n) is 0.771. The first kappa shape index (κ1) is 12.0. The molecule has 0 bridgehead atoms. The molecule has 0 aromatic heterocycles. The van der Waals surface area contributed by atoms with Crippen molar-refractivity contribution >= 4 is 51.5 Å². The summed E-state index contributed by atoms with van der Waals surface area (Å²) in [7, 11) is -4.42. The van der Waals surface area contributed by atoms with Crippen LogP contribution in [-0.4, -0.2) is 59.6 Å². The average molecular weight is 202 g/mol. The van der Waals surface area contributed by atoms with Crippen molar-refractivity contribution in [1.82, 2.24) is 5.32 Å². The Morgan fingerprint density at radius 3 is 2.08 bits per heavy atom. The Hall–Kier alpha value is 0.0500. The summed E-state index contributed by atoms with van der Waals surface area (Å²) in [6, 6.07) is 0. The van der Waals surface area contributed by atoms with Crippen LogP contribution in [0.25, 0.3) is 0 Å². The summed E-state index contributed by atoms with van der Waals surface area (Å²) in [6.45, 7) is 0. The molecule has 0 aromatic carbocycles. The Bertz CT molecular complexity index is 309. The Kier molecular flexibility index (Phi) is 3.86. The van der Waals surface area contributed by atoms with Crippen LogP contribution in [0.4, 0.5) is 0 Å². The van der Waals surface area contributed by atoms with Gasteiger partial charge in [-0.2, -0.15) is 8.42 Å². The molecule has 1 aliphatic rings. The van der Waals surface area contributed by atoms with E-state index in [9.17, 15) is 18.0 Å². The zero-order valence-electron chi connectivity index (χ0n) is 6.27. The van der Waals surface area contributed by atoms with Crippen LogP contribution >= 0.6 is 0 Å². The average Bonchev–Trinajstić information content (AvgIpc) is 2.08. The van der Waals surface area contributed by atoms with Crippen LogP contribution in [-0.2, 0) is 19.7 Å². The maximum Gasteiger partial charge on any atom is 0.277 e. The third kappa shape index (κ3) is 2.53. The van der Waals surface area contributed by atoms with Crippen molar-refractivity contribution in [3.63, 3.8) is 0 Å². The Balaban J connectivity index is 0.00000121. The molecule has 0 aromatic rings. The standard InChI is InChI=1S/C4H5NO5S.Na/c6-3-1-2(4(7)5-3)11(8,9)10;/h2H,1H2,(H,5,6,7)(H,8,9,10);. The van der Waals surface area contributed by atoms with Gasteiger partial charge in [-0.1, -0.05) is 0 Å². The summed E-state index contributed by atoms with van der Waals surface area (Å²) in [5.74, 6) is -1.64. The van der Waals surface area contributed by atoms with E-state index in [2.05, 4.69) is 0 Å². The Morgan fingerprint density at radius 2 is 1.92 bits per heavy atom. The molecule has 1 aliphatic heterocycles. The van der Waals surface area contributed by atoms with E-state index in [0.717, 1.165) is 0 Å². The van der Waals surface area contributed by atoms with Gasteiger partial charge in [0.1, 0.15) is 0 Å². The smallest absolute Gasteiger partial charge is 0.277 e. The van der Waals surface area contributed by atoms with Crippen LogP contribution < -0.4 is 5.32 Å². The molecule has 0 saturated carbocycles. The normalized spacial score (nSPS) is 23.2. The molecule has 1 unspecified atom stereocenters. The molecule has 1 rings (SSSR count). The summed E-state index contributed by atoms with van der Waals surface area (Å²) < 4.78 is 29.0. The zero-order chi connectivity index (χ0) is 8.65. The third-order valence-electron chi connectivity index (χ3n) is 1.29. The van der Waals surface area contributed by atoms with Crippen molar-refractivity contribution in [2.45, 2.75) is 11.7 Å². The van der Waals surface area contributed by atoms with Crippen LogP contribution in [0.15, 0.2) is 0 Å². The second kappa shape index (κ2) is 3.84. The number of carbonyl (C=O) groups is 2. The van der Waals surface area contributed by atoms with Gasteiger partial charge in [0.15, 0.2) is 5.25 Å². The van der Waals surface area contributed by atoms with Crippen LogP contribution in [0, 0.1) is 0 Å². The summed E-state index contributed by atoms with van der Waals surface area (Å²) in [6.07, 6.45) is -0.488. The summed E-state index contributed by atoms with van der Waals surface area (Å²) >= 11 is 0. The first-order chi connectivity index (χ1) is 4.91. The Labute approximate surface area is 90.7 Å². The van der Waals surface area contributed by atoms with E-state index in [1.807, 2.05) is 0 Å². The number of amides is 2. The number of rotatable bonds is 1. The molecule has 8 heteroatoms. The molecule has 0 spiro atoms. The molecular weight excluding hydrogens is 197 g/mol. The first-order valence-electron chi connectivity index (χ1n) is 2.71. The van der Waals surface area contributed by atoms with Gasteiger partial charge in [-0.15, -0.1) is 0 Å². The van der Waals surface area contributed by atoms with Crippen LogP contribution in [0.2, 0.25) is 0 Å². The first-order valence-corrected chi connectivity index (χ1v) is 4.21. The maximum atomic E-state index is 10.6. The molecule has 1 saturated heterocycles. The van der Waals surface area contributed by atoms with Crippen molar-refractivity contribution in [3.05, 3.63) is 0 Å². The second-order valence-electron chi connectivity index (χ2n) is 2.12. The van der Waals surface area contributed by atoms with E-state index in [1.54, 1.807) is 5.32 Å². The van der Waals surface area contributed by atoms with Gasteiger partial charge in [-0.25, -0.2) is 0 Å². The number of nitrogens with one attached hydrogen (secondary N) is 1. The predicted octanol–water partition coefficient (Wildman–Crippen LogP) is -2.09. The quantitative estimate of drug-likeness (QED) is 0.288.